The van der Waals surface area contributed by atoms with Gasteiger partial charge in [0.2, 0.25) is 0 Å². The van der Waals surface area contributed by atoms with Crippen molar-refractivity contribution < 1.29 is 21.5 Å². The van der Waals surface area contributed by atoms with Gasteiger partial charge in [0.25, 0.3) is 6.43 Å². The van der Waals surface area contributed by atoms with Gasteiger partial charge >= 0.3 is 10.1 Å². The van der Waals surface area contributed by atoms with Gasteiger partial charge in [-0.05, 0) is 41.2 Å². The van der Waals surface area contributed by atoms with E-state index in [-0.39, 0.29) is 11.3 Å². The Morgan fingerprint density at radius 2 is 1.88 bits per heavy atom. The number of hydrogen-bond donors (Lipinski definition) is 0. The van der Waals surface area contributed by atoms with E-state index in [1.54, 1.807) is 12.1 Å². The molecular weight excluding hydrogens is 360 g/mol. The molecule has 0 atom stereocenters. The van der Waals surface area contributed by atoms with Crippen LogP contribution in [0.25, 0.3) is 11.1 Å². The molecule has 0 spiro atoms. The van der Waals surface area contributed by atoms with Crippen molar-refractivity contribution in [2.75, 3.05) is 5.75 Å². The number of alkyl halides is 2. The quantitative estimate of drug-likeness (QED) is 0.452. The molecule has 0 aliphatic heterocycles. The largest absolute Gasteiger partial charge is 0.328 e. The van der Waals surface area contributed by atoms with E-state index in [1.807, 2.05) is 31.2 Å². The normalized spacial score (nSPS) is 13.6. The Hall–Kier alpha value is -2.28. The van der Waals surface area contributed by atoms with Crippen molar-refractivity contribution in [2.45, 2.75) is 32.6 Å². The van der Waals surface area contributed by atoms with Gasteiger partial charge in [0.1, 0.15) is 0 Å². The molecule has 2 aromatic carbocycles. The van der Waals surface area contributed by atoms with Crippen molar-refractivity contribution >= 4 is 15.8 Å². The minimum Gasteiger partial charge on any atom is -0.268 e. The molecule has 2 aromatic rings. The second-order valence-corrected chi connectivity index (χ2v) is 7.85. The van der Waals surface area contributed by atoms with Crippen LogP contribution in [0.4, 0.5) is 8.78 Å². The summed E-state index contributed by atoms with van der Waals surface area (Å²) in [6.45, 7) is 1.83. The van der Waals surface area contributed by atoms with Crippen LogP contribution in [0.5, 0.6) is 0 Å². The third-order valence-corrected chi connectivity index (χ3v) is 5.38. The highest BCUT2D eigenvalue weighted by Gasteiger charge is 2.23. The molecule has 0 bridgehead atoms. The van der Waals surface area contributed by atoms with Crippen molar-refractivity contribution in [1.29, 1.82) is 0 Å². The van der Waals surface area contributed by atoms with E-state index in [1.165, 1.54) is 6.07 Å². The molecule has 0 fully saturated rings. The van der Waals surface area contributed by atoms with E-state index in [2.05, 4.69) is 9.44 Å². The maximum absolute atomic E-state index is 13.4. The third kappa shape index (κ3) is 3.93. The van der Waals surface area contributed by atoms with E-state index < -0.39 is 22.3 Å². The Morgan fingerprint density at radius 3 is 2.62 bits per heavy atom. The maximum Gasteiger partial charge on any atom is 0.328 e. The third-order valence-electron chi connectivity index (χ3n) is 4.29. The zero-order valence-electron chi connectivity index (χ0n) is 14.3. The molecule has 26 heavy (non-hydrogen) atoms. The fourth-order valence-electron chi connectivity index (χ4n) is 2.98. The number of unbranched alkanes of at least 4 members (excludes halogenated alkanes) is 1. The molecule has 138 valence electrons. The molecule has 0 saturated heterocycles. The van der Waals surface area contributed by atoms with Crippen LogP contribution in [0, 0.1) is 0 Å². The first-order valence-corrected chi connectivity index (χ1v) is 9.98. The molecule has 0 aromatic heterocycles. The van der Waals surface area contributed by atoms with Crippen molar-refractivity contribution in [3.05, 3.63) is 59.2 Å². The van der Waals surface area contributed by atoms with Gasteiger partial charge in [-0.15, -0.1) is 0 Å². The number of rotatable bonds is 7. The lowest BCUT2D eigenvalue weighted by molar-refractivity contribution is 0.218. The average Bonchev–Trinajstić information content (AvgIpc) is 2.97. The van der Waals surface area contributed by atoms with E-state index >= 15 is 0 Å². The first-order valence-electron chi connectivity index (χ1n) is 8.40. The van der Waals surface area contributed by atoms with E-state index in [9.17, 15) is 17.2 Å². The topological polar surface area (TPSA) is 55.7 Å². The Kier molecular flexibility index (Phi) is 5.36. The molecule has 0 radical (unpaired) electrons. The SMILES string of the molecule is CCCCS(=O)(=O)ON=C(c1ccc2c(c1)Cc1ccccc1-2)C(F)F. The van der Waals surface area contributed by atoms with Gasteiger partial charge in [-0.3, -0.25) is 4.28 Å². The molecule has 0 heterocycles. The van der Waals surface area contributed by atoms with Crippen molar-refractivity contribution in [3.8, 4) is 11.1 Å². The number of fused-ring (bicyclic) bond motifs is 3. The summed E-state index contributed by atoms with van der Waals surface area (Å²) in [5, 5.41) is 3.27. The highest BCUT2D eigenvalue weighted by atomic mass is 32.2. The minimum absolute atomic E-state index is 0.164. The molecular formula is C19H19F2NO3S. The zero-order chi connectivity index (χ0) is 18.7. The van der Waals surface area contributed by atoms with Crippen molar-refractivity contribution in [3.63, 3.8) is 0 Å². The van der Waals surface area contributed by atoms with Gasteiger partial charge in [0.15, 0.2) is 5.71 Å². The molecule has 0 amide bonds. The van der Waals surface area contributed by atoms with Gasteiger partial charge < -0.3 is 0 Å². The first kappa shape index (κ1) is 18.5. The lowest BCUT2D eigenvalue weighted by atomic mass is 10.0. The van der Waals surface area contributed by atoms with Crippen LogP contribution in [0.3, 0.4) is 0 Å². The summed E-state index contributed by atoms with van der Waals surface area (Å²) in [4.78, 5) is 0. The number of hydrogen-bond acceptors (Lipinski definition) is 4. The molecule has 0 saturated carbocycles. The van der Waals surface area contributed by atoms with Gasteiger partial charge in [-0.25, -0.2) is 8.78 Å². The second-order valence-electron chi connectivity index (χ2n) is 6.17. The highest BCUT2D eigenvalue weighted by molar-refractivity contribution is 7.86. The molecule has 0 unspecified atom stereocenters. The highest BCUT2D eigenvalue weighted by Crippen LogP contribution is 2.37. The van der Waals surface area contributed by atoms with Gasteiger partial charge in [0.05, 0.1) is 5.75 Å². The molecule has 1 aliphatic carbocycles. The average molecular weight is 379 g/mol. The summed E-state index contributed by atoms with van der Waals surface area (Å²) in [6.07, 6.45) is -1.26. The number of halogens is 2. The summed E-state index contributed by atoms with van der Waals surface area (Å²) >= 11 is 0. The molecule has 4 nitrogen and oxygen atoms in total. The molecule has 0 N–H and O–H groups in total. The predicted octanol–water partition coefficient (Wildman–Crippen LogP) is 4.37. The number of nitrogens with zero attached hydrogens (tertiary/aromatic N) is 1. The first-order chi connectivity index (χ1) is 12.4. The Bertz CT molecular complexity index is 940. The molecule has 1 aliphatic rings. The summed E-state index contributed by atoms with van der Waals surface area (Å²) in [5.41, 5.74) is 3.61. The van der Waals surface area contributed by atoms with Crippen LogP contribution < -0.4 is 0 Å². The van der Waals surface area contributed by atoms with Crippen molar-refractivity contribution in [2.24, 2.45) is 5.16 Å². The Balaban J connectivity index is 1.88. The fourth-order valence-corrected chi connectivity index (χ4v) is 3.89. The van der Waals surface area contributed by atoms with Crippen molar-refractivity contribution in [1.82, 2.24) is 0 Å². The Labute approximate surface area is 151 Å². The van der Waals surface area contributed by atoms with Crippen LogP contribution >= 0.6 is 0 Å². The second kappa shape index (κ2) is 7.53. The molecule has 7 heteroatoms. The van der Waals surface area contributed by atoms with E-state index in [0.717, 1.165) is 22.3 Å². The number of oxime groups is 1. The summed E-state index contributed by atoms with van der Waals surface area (Å²) in [6, 6.07) is 12.8. The maximum atomic E-state index is 13.4. The predicted molar refractivity (Wildman–Crippen MR) is 97.0 cm³/mol. The van der Waals surface area contributed by atoms with Crippen LogP contribution in [-0.2, 0) is 20.8 Å². The number of benzene rings is 2. The van der Waals surface area contributed by atoms with Crippen LogP contribution in [0.1, 0.15) is 36.5 Å². The van der Waals surface area contributed by atoms with Crippen LogP contribution in [0.2, 0.25) is 0 Å². The standard InChI is InChI=1S/C19H19F2NO3S/c1-2-3-10-26(23,24)25-22-18(19(20)21)14-8-9-17-15(12-14)11-13-6-4-5-7-16(13)17/h4-9,12,19H,2-3,10-11H2,1H3. The summed E-state index contributed by atoms with van der Waals surface area (Å²) in [5.74, 6) is -0.247. The monoisotopic (exact) mass is 379 g/mol. The zero-order valence-corrected chi connectivity index (χ0v) is 15.1. The van der Waals surface area contributed by atoms with E-state index in [4.69, 9.17) is 0 Å². The summed E-state index contributed by atoms with van der Waals surface area (Å²) < 4.78 is 54.7. The van der Waals surface area contributed by atoms with Crippen LogP contribution in [-0.4, -0.2) is 26.3 Å². The minimum atomic E-state index is -3.96. The van der Waals surface area contributed by atoms with E-state index in [0.29, 0.717) is 19.3 Å². The Morgan fingerprint density at radius 1 is 1.15 bits per heavy atom. The lowest BCUT2D eigenvalue weighted by Gasteiger charge is -2.08. The summed E-state index contributed by atoms with van der Waals surface area (Å²) in [7, 11) is -3.96. The van der Waals surface area contributed by atoms with Gasteiger partial charge in [0, 0.05) is 5.56 Å². The van der Waals surface area contributed by atoms with Gasteiger partial charge in [-0.1, -0.05) is 54.9 Å². The lowest BCUT2D eigenvalue weighted by Crippen LogP contribution is -2.16. The van der Waals surface area contributed by atoms with Crippen LogP contribution in [0.15, 0.2) is 47.6 Å². The van der Waals surface area contributed by atoms with Gasteiger partial charge in [-0.2, -0.15) is 8.42 Å². The molecule has 3 rings (SSSR count). The fraction of sp³-hybridized carbons (Fsp3) is 0.316. The smallest absolute Gasteiger partial charge is 0.268 e.